The van der Waals surface area contributed by atoms with E-state index < -0.39 is 0 Å². The summed E-state index contributed by atoms with van der Waals surface area (Å²) < 4.78 is 0. The Labute approximate surface area is 226 Å². The first-order valence-corrected chi connectivity index (χ1v) is 14.2. The third-order valence-electron chi connectivity index (χ3n) is 7.99. The molecule has 6 nitrogen and oxygen atoms in total. The number of hydrogen-bond acceptors (Lipinski definition) is 6. The van der Waals surface area contributed by atoms with Crippen LogP contribution in [0.25, 0.3) is 10.9 Å². The van der Waals surface area contributed by atoms with Crippen molar-refractivity contribution in [3.8, 4) is 0 Å². The number of aryl methyl sites for hydroxylation is 1. The zero-order valence-electron chi connectivity index (χ0n) is 22.2. The molecule has 0 unspecified atom stereocenters. The Kier molecular flexibility index (Phi) is 7.68. The molecule has 38 heavy (non-hydrogen) atoms. The number of fused-ring (bicyclic) bond motifs is 1. The molecule has 0 saturated carbocycles. The van der Waals surface area contributed by atoms with E-state index in [0.717, 1.165) is 81.2 Å². The van der Waals surface area contributed by atoms with Gasteiger partial charge in [0, 0.05) is 56.4 Å². The largest absolute Gasteiger partial charge is 0.368 e. The normalized spacial score (nSPS) is 17.2. The van der Waals surface area contributed by atoms with Gasteiger partial charge in [-0.25, -0.2) is 4.98 Å². The van der Waals surface area contributed by atoms with Gasteiger partial charge in [-0.15, -0.1) is 0 Å². The highest BCUT2D eigenvalue weighted by Crippen LogP contribution is 2.27. The zero-order chi connectivity index (χ0) is 25.6. The molecule has 4 aromatic rings. The molecule has 6 rings (SSSR count). The van der Waals surface area contributed by atoms with E-state index in [2.05, 4.69) is 105 Å². The van der Waals surface area contributed by atoms with Crippen molar-refractivity contribution in [2.24, 2.45) is 0 Å². The van der Waals surface area contributed by atoms with Gasteiger partial charge in [0.1, 0.15) is 5.82 Å². The molecular weight excluding hydrogens is 468 g/mol. The molecule has 0 amide bonds. The van der Waals surface area contributed by atoms with E-state index in [9.17, 15) is 0 Å². The SMILES string of the molecule is c1ccc(CCCN2CCC(Nc3nc(N4CCN(c5ccccc5)CC4)nc4ccccc34)CC2)cc1. The van der Waals surface area contributed by atoms with Gasteiger partial charge in [0.2, 0.25) is 5.95 Å². The Balaban J connectivity index is 1.07. The number of para-hydroxylation sites is 2. The number of likely N-dealkylation sites (tertiary alicyclic amines) is 1. The van der Waals surface area contributed by atoms with Gasteiger partial charge in [0.25, 0.3) is 0 Å². The Morgan fingerprint density at radius 3 is 2.11 bits per heavy atom. The summed E-state index contributed by atoms with van der Waals surface area (Å²) in [5, 5.41) is 4.94. The van der Waals surface area contributed by atoms with Gasteiger partial charge in [-0.3, -0.25) is 0 Å². The van der Waals surface area contributed by atoms with Gasteiger partial charge in [-0.1, -0.05) is 60.7 Å². The van der Waals surface area contributed by atoms with Crippen LogP contribution in [-0.2, 0) is 6.42 Å². The summed E-state index contributed by atoms with van der Waals surface area (Å²) >= 11 is 0. The van der Waals surface area contributed by atoms with Crippen molar-refractivity contribution in [1.29, 1.82) is 0 Å². The molecule has 3 aromatic carbocycles. The first-order chi connectivity index (χ1) is 18.8. The fourth-order valence-electron chi connectivity index (χ4n) is 5.76. The fraction of sp³-hybridized carbons (Fsp3) is 0.375. The van der Waals surface area contributed by atoms with E-state index in [1.54, 1.807) is 0 Å². The van der Waals surface area contributed by atoms with Crippen LogP contribution in [0, 0.1) is 0 Å². The van der Waals surface area contributed by atoms with Crippen LogP contribution >= 0.6 is 0 Å². The zero-order valence-corrected chi connectivity index (χ0v) is 22.2. The average molecular weight is 507 g/mol. The average Bonchev–Trinajstić information content (AvgIpc) is 2.99. The maximum absolute atomic E-state index is 5.09. The van der Waals surface area contributed by atoms with Crippen LogP contribution in [-0.4, -0.2) is 66.7 Å². The van der Waals surface area contributed by atoms with Crippen LogP contribution in [0.1, 0.15) is 24.8 Å². The monoisotopic (exact) mass is 506 g/mol. The standard InChI is InChI=1S/C32H38N6/c1-3-10-26(11-4-1)12-9-19-36-20-17-27(18-21-36)33-31-29-15-7-8-16-30(29)34-32(35-31)38-24-22-37(23-25-38)28-13-5-2-6-14-28/h1-8,10-11,13-16,27H,9,12,17-25H2,(H,33,34,35). The van der Waals surface area contributed by atoms with Gasteiger partial charge in [-0.05, 0) is 62.1 Å². The third-order valence-corrected chi connectivity index (χ3v) is 7.99. The second-order valence-corrected chi connectivity index (χ2v) is 10.5. The summed E-state index contributed by atoms with van der Waals surface area (Å²) in [6, 6.07) is 30.4. The van der Waals surface area contributed by atoms with Crippen molar-refractivity contribution in [2.45, 2.75) is 31.7 Å². The van der Waals surface area contributed by atoms with Crippen LogP contribution in [0.2, 0.25) is 0 Å². The molecule has 2 aliphatic heterocycles. The number of nitrogens with one attached hydrogen (secondary N) is 1. The number of rotatable bonds is 8. The fourth-order valence-corrected chi connectivity index (χ4v) is 5.76. The number of benzene rings is 3. The van der Waals surface area contributed by atoms with E-state index in [1.807, 2.05) is 0 Å². The first-order valence-electron chi connectivity index (χ1n) is 14.2. The summed E-state index contributed by atoms with van der Waals surface area (Å²) in [5.41, 5.74) is 3.75. The molecule has 196 valence electrons. The van der Waals surface area contributed by atoms with Crippen LogP contribution in [0.15, 0.2) is 84.9 Å². The molecule has 2 saturated heterocycles. The molecule has 0 atom stereocenters. The minimum atomic E-state index is 0.446. The van der Waals surface area contributed by atoms with E-state index in [1.165, 1.54) is 24.2 Å². The maximum Gasteiger partial charge on any atom is 0.228 e. The number of anilines is 3. The highest BCUT2D eigenvalue weighted by atomic mass is 15.3. The lowest BCUT2D eigenvalue weighted by molar-refractivity contribution is 0.217. The number of aromatic nitrogens is 2. The third kappa shape index (κ3) is 5.91. The summed E-state index contributed by atoms with van der Waals surface area (Å²) in [5.74, 6) is 1.83. The van der Waals surface area contributed by atoms with Crippen LogP contribution in [0.3, 0.4) is 0 Å². The molecule has 0 radical (unpaired) electrons. The molecule has 3 heterocycles. The lowest BCUT2D eigenvalue weighted by Crippen LogP contribution is -2.47. The van der Waals surface area contributed by atoms with Gasteiger partial charge in [0.05, 0.1) is 5.52 Å². The molecule has 0 aliphatic carbocycles. The summed E-state index contributed by atoms with van der Waals surface area (Å²) in [7, 11) is 0. The van der Waals surface area contributed by atoms with E-state index in [-0.39, 0.29) is 0 Å². The Morgan fingerprint density at radius 2 is 1.34 bits per heavy atom. The van der Waals surface area contributed by atoms with E-state index >= 15 is 0 Å². The summed E-state index contributed by atoms with van der Waals surface area (Å²) in [4.78, 5) is 17.5. The highest BCUT2D eigenvalue weighted by Gasteiger charge is 2.23. The second kappa shape index (κ2) is 11.8. The van der Waals surface area contributed by atoms with Crippen molar-refractivity contribution in [1.82, 2.24) is 14.9 Å². The van der Waals surface area contributed by atoms with Crippen molar-refractivity contribution in [2.75, 3.05) is 60.9 Å². The van der Waals surface area contributed by atoms with Crippen LogP contribution < -0.4 is 15.1 Å². The lowest BCUT2D eigenvalue weighted by Gasteiger charge is -2.36. The summed E-state index contributed by atoms with van der Waals surface area (Å²) in [6.07, 6.45) is 4.68. The molecular formula is C32H38N6. The summed E-state index contributed by atoms with van der Waals surface area (Å²) in [6.45, 7) is 7.27. The van der Waals surface area contributed by atoms with Crippen molar-refractivity contribution in [3.05, 3.63) is 90.5 Å². The Hall–Kier alpha value is -3.64. The minimum absolute atomic E-state index is 0.446. The van der Waals surface area contributed by atoms with Gasteiger partial charge in [-0.2, -0.15) is 4.98 Å². The minimum Gasteiger partial charge on any atom is -0.368 e. The van der Waals surface area contributed by atoms with Gasteiger partial charge in [0.15, 0.2) is 0 Å². The molecule has 1 aromatic heterocycles. The molecule has 2 fully saturated rings. The number of hydrogen-bond donors (Lipinski definition) is 1. The number of piperazine rings is 1. The van der Waals surface area contributed by atoms with Crippen LogP contribution in [0.5, 0.6) is 0 Å². The smallest absolute Gasteiger partial charge is 0.228 e. The number of nitrogens with zero attached hydrogens (tertiary/aromatic N) is 5. The lowest BCUT2D eigenvalue weighted by atomic mass is 10.0. The highest BCUT2D eigenvalue weighted by molar-refractivity contribution is 5.90. The molecule has 2 aliphatic rings. The van der Waals surface area contributed by atoms with Gasteiger partial charge < -0.3 is 20.0 Å². The number of piperidine rings is 1. The molecule has 0 spiro atoms. The Bertz CT molecular complexity index is 1300. The molecule has 6 heteroatoms. The molecule has 0 bridgehead atoms. The quantitative estimate of drug-likeness (QED) is 0.342. The predicted octanol–water partition coefficient (Wildman–Crippen LogP) is 5.47. The topological polar surface area (TPSA) is 47.5 Å². The van der Waals surface area contributed by atoms with E-state index in [0.29, 0.717) is 6.04 Å². The maximum atomic E-state index is 5.09. The molecule has 1 N–H and O–H groups in total. The Morgan fingerprint density at radius 1 is 0.684 bits per heavy atom. The predicted molar refractivity (Wildman–Crippen MR) is 158 cm³/mol. The second-order valence-electron chi connectivity index (χ2n) is 10.5. The van der Waals surface area contributed by atoms with Crippen molar-refractivity contribution < 1.29 is 0 Å². The van der Waals surface area contributed by atoms with Crippen LogP contribution in [0.4, 0.5) is 17.5 Å². The van der Waals surface area contributed by atoms with E-state index in [4.69, 9.17) is 9.97 Å². The first kappa shape index (κ1) is 24.7. The van der Waals surface area contributed by atoms with Crippen molar-refractivity contribution in [3.63, 3.8) is 0 Å². The van der Waals surface area contributed by atoms with Gasteiger partial charge >= 0.3 is 0 Å². The van der Waals surface area contributed by atoms with Crippen molar-refractivity contribution >= 4 is 28.4 Å².